The van der Waals surface area contributed by atoms with Crippen molar-refractivity contribution in [1.82, 2.24) is 9.13 Å². The van der Waals surface area contributed by atoms with Gasteiger partial charge in [-0.3, -0.25) is 9.59 Å². The summed E-state index contributed by atoms with van der Waals surface area (Å²) < 4.78 is 3.82. The highest BCUT2D eigenvalue weighted by molar-refractivity contribution is 6.02. The SMILES string of the molecule is Cn1c(C#Cc2c(C=O)c3ccccc3n2C)c(C=O)c2ccccc21. The van der Waals surface area contributed by atoms with E-state index >= 15 is 0 Å². The van der Waals surface area contributed by atoms with E-state index in [4.69, 9.17) is 0 Å². The standard InChI is InChI=1S/C22H16N2O2/c1-23-19-9-5-3-7-15(19)17(13-25)21(23)11-12-22-18(14-26)16-8-4-6-10-20(16)24(22)2/h3-10,13-14H,1-2H3. The molecule has 4 nitrogen and oxygen atoms in total. The highest BCUT2D eigenvalue weighted by atomic mass is 16.1. The first-order chi connectivity index (χ1) is 12.7. The highest BCUT2D eigenvalue weighted by Gasteiger charge is 2.14. The average Bonchev–Trinajstić information content (AvgIpc) is 3.11. The minimum atomic E-state index is 0.571. The number of aldehydes is 2. The molecule has 0 fully saturated rings. The highest BCUT2D eigenvalue weighted by Crippen LogP contribution is 2.25. The smallest absolute Gasteiger partial charge is 0.153 e. The molecule has 126 valence electrons. The van der Waals surface area contributed by atoms with E-state index in [0.29, 0.717) is 22.5 Å². The minimum Gasteiger partial charge on any atom is -0.337 e. The normalized spacial score (nSPS) is 10.7. The van der Waals surface area contributed by atoms with Crippen molar-refractivity contribution in [3.63, 3.8) is 0 Å². The Morgan fingerprint density at radius 2 is 1.08 bits per heavy atom. The topological polar surface area (TPSA) is 44.0 Å². The molecule has 2 heterocycles. The van der Waals surface area contributed by atoms with Crippen LogP contribution in [-0.2, 0) is 14.1 Å². The lowest BCUT2D eigenvalue weighted by Gasteiger charge is -1.99. The Morgan fingerprint density at radius 1 is 0.692 bits per heavy atom. The van der Waals surface area contributed by atoms with Gasteiger partial charge in [-0.25, -0.2) is 0 Å². The van der Waals surface area contributed by atoms with Gasteiger partial charge in [0.2, 0.25) is 0 Å². The van der Waals surface area contributed by atoms with Crippen molar-refractivity contribution in [2.75, 3.05) is 0 Å². The Labute approximate surface area is 150 Å². The first-order valence-electron chi connectivity index (χ1n) is 8.24. The number of carbonyl (C=O) groups excluding carboxylic acids is 2. The zero-order chi connectivity index (χ0) is 18.3. The molecule has 0 saturated heterocycles. The van der Waals surface area contributed by atoms with Gasteiger partial charge in [0.25, 0.3) is 0 Å². The number of aryl methyl sites for hydroxylation is 2. The second-order valence-corrected chi connectivity index (χ2v) is 6.16. The van der Waals surface area contributed by atoms with E-state index in [1.54, 1.807) is 0 Å². The van der Waals surface area contributed by atoms with Crippen molar-refractivity contribution >= 4 is 34.4 Å². The first kappa shape index (κ1) is 15.9. The Bertz CT molecular complexity index is 1150. The van der Waals surface area contributed by atoms with Crippen molar-refractivity contribution < 1.29 is 9.59 Å². The van der Waals surface area contributed by atoms with Crippen LogP contribution in [0.15, 0.2) is 48.5 Å². The van der Waals surface area contributed by atoms with E-state index in [1.807, 2.05) is 71.8 Å². The summed E-state index contributed by atoms with van der Waals surface area (Å²) in [4.78, 5) is 23.3. The van der Waals surface area contributed by atoms with Gasteiger partial charge in [-0.2, -0.15) is 0 Å². The third-order valence-corrected chi connectivity index (χ3v) is 4.83. The lowest BCUT2D eigenvalue weighted by Crippen LogP contribution is -1.96. The fraction of sp³-hybridized carbons (Fsp3) is 0.0909. The summed E-state index contributed by atoms with van der Waals surface area (Å²) in [6.07, 6.45) is 1.68. The molecule has 0 spiro atoms. The predicted molar refractivity (Wildman–Crippen MR) is 103 cm³/mol. The van der Waals surface area contributed by atoms with E-state index in [2.05, 4.69) is 11.8 Å². The monoisotopic (exact) mass is 340 g/mol. The van der Waals surface area contributed by atoms with Gasteiger partial charge in [0.05, 0.1) is 11.1 Å². The van der Waals surface area contributed by atoms with Gasteiger partial charge in [-0.1, -0.05) is 36.4 Å². The fourth-order valence-corrected chi connectivity index (χ4v) is 3.50. The summed E-state index contributed by atoms with van der Waals surface area (Å²) in [5.74, 6) is 6.23. The summed E-state index contributed by atoms with van der Waals surface area (Å²) in [5, 5.41) is 1.75. The molecule has 0 aliphatic heterocycles. The molecule has 0 N–H and O–H groups in total. The van der Waals surface area contributed by atoms with Gasteiger partial charge in [0, 0.05) is 35.9 Å². The van der Waals surface area contributed by atoms with Crippen molar-refractivity contribution in [3.05, 3.63) is 71.0 Å². The van der Waals surface area contributed by atoms with Crippen LogP contribution in [0, 0.1) is 11.8 Å². The number of aromatic nitrogens is 2. The third kappa shape index (κ3) is 2.18. The Morgan fingerprint density at radius 3 is 1.46 bits per heavy atom. The van der Waals surface area contributed by atoms with Gasteiger partial charge in [0.15, 0.2) is 12.6 Å². The summed E-state index contributed by atoms with van der Waals surface area (Å²) in [7, 11) is 3.78. The minimum absolute atomic E-state index is 0.571. The van der Waals surface area contributed by atoms with Crippen molar-refractivity contribution in [1.29, 1.82) is 0 Å². The zero-order valence-corrected chi connectivity index (χ0v) is 14.5. The molecule has 2 aromatic carbocycles. The van der Waals surface area contributed by atoms with E-state index < -0.39 is 0 Å². The molecule has 0 bridgehead atoms. The first-order valence-corrected chi connectivity index (χ1v) is 8.24. The van der Waals surface area contributed by atoms with Crippen LogP contribution in [0.4, 0.5) is 0 Å². The molecule has 0 radical (unpaired) electrons. The lowest BCUT2D eigenvalue weighted by atomic mass is 10.1. The Kier molecular flexibility index (Phi) is 3.70. The largest absolute Gasteiger partial charge is 0.337 e. The Balaban J connectivity index is 1.98. The van der Waals surface area contributed by atoms with E-state index in [0.717, 1.165) is 34.4 Å². The van der Waals surface area contributed by atoms with Crippen LogP contribution < -0.4 is 0 Å². The summed E-state index contributed by atoms with van der Waals surface area (Å²) >= 11 is 0. The van der Waals surface area contributed by atoms with Gasteiger partial charge < -0.3 is 9.13 Å². The predicted octanol–water partition coefficient (Wildman–Crippen LogP) is 3.69. The molecule has 26 heavy (non-hydrogen) atoms. The molecule has 4 aromatic rings. The van der Waals surface area contributed by atoms with Crippen LogP contribution in [0.25, 0.3) is 21.8 Å². The molecule has 2 aromatic heterocycles. The fourth-order valence-electron chi connectivity index (χ4n) is 3.50. The van der Waals surface area contributed by atoms with Crippen LogP contribution in [0.1, 0.15) is 32.1 Å². The third-order valence-electron chi connectivity index (χ3n) is 4.83. The molecule has 0 unspecified atom stereocenters. The maximum absolute atomic E-state index is 11.7. The second-order valence-electron chi connectivity index (χ2n) is 6.16. The molecule has 0 amide bonds. The molecular formula is C22H16N2O2. The van der Waals surface area contributed by atoms with Crippen molar-refractivity contribution in [2.45, 2.75) is 0 Å². The van der Waals surface area contributed by atoms with Crippen LogP contribution >= 0.6 is 0 Å². The molecule has 4 rings (SSSR count). The van der Waals surface area contributed by atoms with Crippen LogP contribution in [0.3, 0.4) is 0 Å². The number of nitrogens with zero attached hydrogens (tertiary/aromatic N) is 2. The van der Waals surface area contributed by atoms with E-state index in [1.165, 1.54) is 0 Å². The van der Waals surface area contributed by atoms with Gasteiger partial charge in [-0.15, -0.1) is 0 Å². The zero-order valence-electron chi connectivity index (χ0n) is 14.5. The summed E-state index contributed by atoms with van der Waals surface area (Å²) in [6.45, 7) is 0. The Hall–Kier alpha value is -3.58. The van der Waals surface area contributed by atoms with Gasteiger partial charge in [-0.05, 0) is 24.0 Å². The molecule has 0 aliphatic rings. The number of fused-ring (bicyclic) bond motifs is 2. The van der Waals surface area contributed by atoms with Crippen molar-refractivity contribution in [2.24, 2.45) is 14.1 Å². The number of carbonyl (C=O) groups is 2. The average molecular weight is 340 g/mol. The number of hydrogen-bond acceptors (Lipinski definition) is 2. The number of rotatable bonds is 2. The molecule has 0 aliphatic carbocycles. The number of hydrogen-bond donors (Lipinski definition) is 0. The number of para-hydroxylation sites is 2. The maximum Gasteiger partial charge on any atom is 0.153 e. The molecular weight excluding hydrogens is 324 g/mol. The second kappa shape index (κ2) is 6.05. The van der Waals surface area contributed by atoms with E-state index in [9.17, 15) is 9.59 Å². The molecule has 0 atom stereocenters. The molecule has 0 saturated carbocycles. The van der Waals surface area contributed by atoms with Crippen LogP contribution in [0.5, 0.6) is 0 Å². The van der Waals surface area contributed by atoms with Crippen LogP contribution in [-0.4, -0.2) is 21.7 Å². The summed E-state index contributed by atoms with van der Waals surface area (Å²) in [6, 6.07) is 15.4. The maximum atomic E-state index is 11.7. The number of benzene rings is 2. The van der Waals surface area contributed by atoms with Crippen molar-refractivity contribution in [3.8, 4) is 11.8 Å². The van der Waals surface area contributed by atoms with Gasteiger partial charge >= 0.3 is 0 Å². The quantitative estimate of drug-likeness (QED) is 0.413. The lowest BCUT2D eigenvalue weighted by molar-refractivity contribution is 0.111. The molecule has 4 heteroatoms. The van der Waals surface area contributed by atoms with Crippen LogP contribution in [0.2, 0.25) is 0 Å². The van der Waals surface area contributed by atoms with Gasteiger partial charge in [0.1, 0.15) is 11.4 Å². The summed E-state index contributed by atoms with van der Waals surface area (Å²) in [5.41, 5.74) is 4.33. The van der Waals surface area contributed by atoms with E-state index in [-0.39, 0.29) is 0 Å².